The van der Waals surface area contributed by atoms with Crippen molar-refractivity contribution >= 4 is 27.1 Å². The summed E-state index contributed by atoms with van der Waals surface area (Å²) < 4.78 is 22.4. The number of nitrogens with zero attached hydrogens (tertiary/aromatic N) is 2. The fourth-order valence-corrected chi connectivity index (χ4v) is 3.31. The molecule has 0 saturated carbocycles. The molecule has 0 aliphatic carbocycles. The van der Waals surface area contributed by atoms with Crippen LogP contribution in [0.2, 0.25) is 5.02 Å². The molecule has 0 spiro atoms. The predicted molar refractivity (Wildman–Crippen MR) is 89.0 cm³/mol. The van der Waals surface area contributed by atoms with E-state index in [0.29, 0.717) is 17.1 Å². The molecule has 1 aromatic carbocycles. The number of halogens is 1. The van der Waals surface area contributed by atoms with Crippen molar-refractivity contribution in [1.29, 1.82) is 5.26 Å². The van der Waals surface area contributed by atoms with Gasteiger partial charge in [-0.05, 0) is 31.0 Å². The van der Waals surface area contributed by atoms with E-state index in [0.717, 1.165) is 31.6 Å². The van der Waals surface area contributed by atoms with E-state index in [2.05, 4.69) is 16.3 Å². The Morgan fingerprint density at radius 1 is 1.41 bits per heavy atom. The molecular formula is C15H20ClN3O2S. The second kappa shape index (κ2) is 7.32. The molecule has 0 atom stereocenters. The van der Waals surface area contributed by atoms with E-state index in [1.807, 2.05) is 0 Å². The predicted octanol–water partition coefficient (Wildman–Crippen LogP) is 2.13. The highest BCUT2D eigenvalue weighted by molar-refractivity contribution is 7.90. The van der Waals surface area contributed by atoms with Crippen LogP contribution in [0.5, 0.6) is 0 Å². The zero-order chi connectivity index (χ0) is 16.2. The molecule has 120 valence electrons. The van der Waals surface area contributed by atoms with Crippen molar-refractivity contribution in [2.24, 2.45) is 0 Å². The fourth-order valence-electron chi connectivity index (χ4n) is 2.55. The van der Waals surface area contributed by atoms with Gasteiger partial charge in [0.15, 0.2) is 0 Å². The van der Waals surface area contributed by atoms with Crippen molar-refractivity contribution in [3.05, 3.63) is 28.8 Å². The molecular weight excluding hydrogens is 322 g/mol. The Hall–Kier alpha value is -1.29. The van der Waals surface area contributed by atoms with E-state index in [4.69, 9.17) is 16.9 Å². The van der Waals surface area contributed by atoms with Crippen molar-refractivity contribution in [3.63, 3.8) is 0 Å². The quantitative estimate of drug-likeness (QED) is 0.888. The number of hydrogen-bond acceptors (Lipinski definition) is 5. The van der Waals surface area contributed by atoms with Gasteiger partial charge in [-0.2, -0.15) is 5.26 Å². The first-order valence-corrected chi connectivity index (χ1v) is 9.67. The molecule has 0 radical (unpaired) electrons. The molecule has 7 heteroatoms. The topological polar surface area (TPSA) is 73.2 Å². The maximum Gasteiger partial charge on any atom is 0.148 e. The second-order valence-corrected chi connectivity index (χ2v) is 8.39. The molecule has 1 aliphatic heterocycles. The minimum Gasteiger partial charge on any atom is -0.381 e. The smallest absolute Gasteiger partial charge is 0.148 e. The highest BCUT2D eigenvalue weighted by Crippen LogP contribution is 2.23. The van der Waals surface area contributed by atoms with Gasteiger partial charge in [-0.15, -0.1) is 0 Å². The van der Waals surface area contributed by atoms with Crippen molar-refractivity contribution in [2.75, 3.05) is 37.0 Å². The van der Waals surface area contributed by atoms with Crippen LogP contribution in [0.3, 0.4) is 0 Å². The minimum atomic E-state index is -2.91. The lowest BCUT2D eigenvalue weighted by Crippen LogP contribution is -2.41. The molecule has 0 bridgehead atoms. The number of rotatable bonds is 5. The third-order valence-electron chi connectivity index (χ3n) is 3.83. The van der Waals surface area contributed by atoms with Gasteiger partial charge in [0.1, 0.15) is 15.9 Å². The first-order valence-electron chi connectivity index (χ1n) is 7.23. The Morgan fingerprint density at radius 3 is 2.68 bits per heavy atom. The van der Waals surface area contributed by atoms with Crippen LogP contribution in [0.25, 0.3) is 0 Å². The Morgan fingerprint density at radius 2 is 2.09 bits per heavy atom. The van der Waals surface area contributed by atoms with E-state index < -0.39 is 9.84 Å². The van der Waals surface area contributed by atoms with Crippen molar-refractivity contribution in [2.45, 2.75) is 18.9 Å². The number of sulfone groups is 1. The summed E-state index contributed by atoms with van der Waals surface area (Å²) in [4.78, 5) is 2.17. The van der Waals surface area contributed by atoms with E-state index in [1.165, 1.54) is 6.26 Å². The standard InChI is InChI=1S/C15H20ClN3O2S/c1-22(20,21)9-8-19-6-4-14(5-7-19)18-15-10-13(16)3-2-12(15)11-17/h2-3,10,14,18H,4-9H2,1H3. The number of nitriles is 1. The van der Waals surface area contributed by atoms with E-state index in [-0.39, 0.29) is 11.8 Å². The molecule has 1 saturated heterocycles. The van der Waals surface area contributed by atoms with Crippen LogP contribution in [0.1, 0.15) is 18.4 Å². The molecule has 1 aromatic rings. The molecule has 0 aromatic heterocycles. The van der Waals surface area contributed by atoms with Gasteiger partial charge in [0.2, 0.25) is 0 Å². The van der Waals surface area contributed by atoms with Gasteiger partial charge in [-0.1, -0.05) is 11.6 Å². The monoisotopic (exact) mass is 341 g/mol. The lowest BCUT2D eigenvalue weighted by atomic mass is 10.0. The largest absolute Gasteiger partial charge is 0.381 e. The summed E-state index contributed by atoms with van der Waals surface area (Å²) >= 11 is 5.98. The maximum atomic E-state index is 11.2. The number of anilines is 1. The summed E-state index contributed by atoms with van der Waals surface area (Å²) in [6, 6.07) is 7.63. The summed E-state index contributed by atoms with van der Waals surface area (Å²) in [6.07, 6.45) is 3.10. The summed E-state index contributed by atoms with van der Waals surface area (Å²) in [5.41, 5.74) is 1.36. The number of piperidine rings is 1. The van der Waals surface area contributed by atoms with Gasteiger partial charge in [-0.25, -0.2) is 8.42 Å². The lowest BCUT2D eigenvalue weighted by Gasteiger charge is -2.32. The number of benzene rings is 1. The second-order valence-electron chi connectivity index (χ2n) is 5.69. The average molecular weight is 342 g/mol. The molecule has 1 heterocycles. The van der Waals surface area contributed by atoms with Gasteiger partial charge < -0.3 is 10.2 Å². The minimum absolute atomic E-state index is 0.206. The summed E-state index contributed by atoms with van der Waals surface area (Å²) in [7, 11) is -2.91. The summed E-state index contributed by atoms with van der Waals surface area (Å²) in [5.74, 6) is 0.206. The zero-order valence-corrected chi connectivity index (χ0v) is 14.1. The Bertz CT molecular complexity index is 662. The van der Waals surface area contributed by atoms with Crippen LogP contribution in [0.4, 0.5) is 5.69 Å². The SMILES string of the molecule is CS(=O)(=O)CCN1CCC(Nc2cc(Cl)ccc2C#N)CC1. The molecule has 1 fully saturated rings. The molecule has 0 unspecified atom stereocenters. The normalized spacial score (nSPS) is 17.1. The van der Waals surface area contributed by atoms with Crippen LogP contribution in [-0.4, -0.2) is 51.0 Å². The van der Waals surface area contributed by atoms with Gasteiger partial charge in [0.25, 0.3) is 0 Å². The summed E-state index contributed by atoms with van der Waals surface area (Å²) in [6.45, 7) is 2.30. The highest BCUT2D eigenvalue weighted by atomic mass is 35.5. The molecule has 1 N–H and O–H groups in total. The number of nitrogens with one attached hydrogen (secondary N) is 1. The average Bonchev–Trinajstić information content (AvgIpc) is 2.46. The fraction of sp³-hybridized carbons (Fsp3) is 0.533. The van der Waals surface area contributed by atoms with Gasteiger partial charge in [-0.3, -0.25) is 0 Å². The van der Waals surface area contributed by atoms with E-state index >= 15 is 0 Å². The molecule has 0 amide bonds. The van der Waals surface area contributed by atoms with E-state index in [1.54, 1.807) is 18.2 Å². The van der Waals surface area contributed by atoms with Crippen molar-refractivity contribution < 1.29 is 8.42 Å². The van der Waals surface area contributed by atoms with Crippen molar-refractivity contribution in [1.82, 2.24) is 4.90 Å². The molecule has 1 aliphatic rings. The first-order chi connectivity index (χ1) is 10.4. The van der Waals surface area contributed by atoms with Gasteiger partial charge in [0, 0.05) is 37.0 Å². The van der Waals surface area contributed by atoms with Crippen LogP contribution in [0.15, 0.2) is 18.2 Å². The zero-order valence-electron chi connectivity index (χ0n) is 12.5. The lowest BCUT2D eigenvalue weighted by molar-refractivity contribution is 0.230. The highest BCUT2D eigenvalue weighted by Gasteiger charge is 2.20. The van der Waals surface area contributed by atoms with E-state index in [9.17, 15) is 8.42 Å². The maximum absolute atomic E-state index is 11.2. The first kappa shape index (κ1) is 17.1. The Balaban J connectivity index is 1.88. The van der Waals surface area contributed by atoms with Gasteiger partial charge in [0.05, 0.1) is 17.0 Å². The number of hydrogen-bond donors (Lipinski definition) is 1. The third kappa shape index (κ3) is 5.16. The van der Waals surface area contributed by atoms with Crippen LogP contribution in [-0.2, 0) is 9.84 Å². The van der Waals surface area contributed by atoms with Crippen LogP contribution in [0, 0.1) is 11.3 Å². The molecule has 2 rings (SSSR count). The Kier molecular flexibility index (Phi) is 5.68. The Labute approximate surface area is 136 Å². The third-order valence-corrected chi connectivity index (χ3v) is 4.99. The molecule has 5 nitrogen and oxygen atoms in total. The van der Waals surface area contributed by atoms with Crippen LogP contribution >= 0.6 is 11.6 Å². The summed E-state index contributed by atoms with van der Waals surface area (Å²) in [5, 5.41) is 13.1. The van der Waals surface area contributed by atoms with Gasteiger partial charge >= 0.3 is 0 Å². The number of likely N-dealkylation sites (tertiary alicyclic amines) is 1. The van der Waals surface area contributed by atoms with Crippen molar-refractivity contribution in [3.8, 4) is 6.07 Å². The van der Waals surface area contributed by atoms with Crippen LogP contribution < -0.4 is 5.32 Å². The molecule has 22 heavy (non-hydrogen) atoms.